The van der Waals surface area contributed by atoms with Crippen molar-refractivity contribution in [2.75, 3.05) is 57.1 Å². The van der Waals surface area contributed by atoms with Crippen LogP contribution in [0.1, 0.15) is 56.9 Å². The first-order chi connectivity index (χ1) is 20.6. The topological polar surface area (TPSA) is 85.8 Å². The van der Waals surface area contributed by atoms with Crippen LogP contribution in [-0.4, -0.2) is 78.9 Å². The summed E-state index contributed by atoms with van der Waals surface area (Å²) in [6.07, 6.45) is 5.92. The number of halogens is 3. The maximum Gasteiger partial charge on any atom is 0.319 e. The average molecular weight is 613 g/mol. The van der Waals surface area contributed by atoms with Gasteiger partial charge in [0.1, 0.15) is 22.9 Å². The van der Waals surface area contributed by atoms with Gasteiger partial charge in [-0.05, 0) is 69.7 Å². The number of nitrogens with one attached hydrogen (secondary N) is 2. The minimum Gasteiger partial charge on any atom is -0.506 e. The van der Waals surface area contributed by atoms with Gasteiger partial charge in [-0.25, -0.2) is 8.78 Å². The summed E-state index contributed by atoms with van der Waals surface area (Å²) in [5.74, 6) is -1.18. The number of fused-ring (bicyclic) bond motifs is 3. The van der Waals surface area contributed by atoms with E-state index < -0.39 is 11.6 Å². The second kappa shape index (κ2) is 10.9. The van der Waals surface area contributed by atoms with E-state index in [4.69, 9.17) is 21.3 Å². The standard InChI is InChI=1S/C32H39ClF2N6O2/c1-32(9-4-10-40(3)15-32)16-43-31-38-28-20(30(39-31)41-13-18-7-8-19(14-41)37-18)11-22(34)25(27(28)35)26-24(17-5-6-17)21(33)12-23(42)29(26)36-2/h11-12,17-19,36-37,42H,4-10,13-16H2,1-3H3/t18-,19+,32-/m0/s1. The van der Waals surface area contributed by atoms with Crippen LogP contribution in [0, 0.1) is 17.0 Å². The second-order valence-corrected chi connectivity index (χ2v) is 13.7. The third kappa shape index (κ3) is 5.25. The van der Waals surface area contributed by atoms with Crippen molar-refractivity contribution in [1.82, 2.24) is 20.2 Å². The lowest BCUT2D eigenvalue weighted by Gasteiger charge is -2.38. The number of likely N-dealkylation sites (tertiary alicyclic amines) is 1. The number of phenolic OH excluding ortho intramolecular Hbond substituents is 1. The summed E-state index contributed by atoms with van der Waals surface area (Å²) in [7, 11) is 3.73. The molecule has 4 heterocycles. The fourth-order valence-corrected chi connectivity index (χ4v) is 7.89. The van der Waals surface area contributed by atoms with Crippen LogP contribution in [0.4, 0.5) is 20.3 Å². The van der Waals surface area contributed by atoms with E-state index in [9.17, 15) is 5.11 Å². The molecule has 3 aliphatic heterocycles. The van der Waals surface area contributed by atoms with Crippen molar-refractivity contribution >= 4 is 34.0 Å². The number of rotatable bonds is 7. The monoisotopic (exact) mass is 612 g/mol. The van der Waals surface area contributed by atoms with Gasteiger partial charge in [-0.1, -0.05) is 18.5 Å². The Balaban J connectivity index is 1.39. The number of ether oxygens (including phenoxy) is 1. The highest BCUT2D eigenvalue weighted by atomic mass is 35.5. The van der Waals surface area contributed by atoms with Gasteiger partial charge in [0, 0.05) is 66.2 Å². The maximum absolute atomic E-state index is 16.9. The summed E-state index contributed by atoms with van der Waals surface area (Å²) in [4.78, 5) is 13.8. The van der Waals surface area contributed by atoms with Crippen molar-refractivity contribution < 1.29 is 18.6 Å². The van der Waals surface area contributed by atoms with Crippen molar-refractivity contribution in [3.05, 3.63) is 34.4 Å². The molecule has 0 unspecified atom stereocenters. The summed E-state index contributed by atoms with van der Waals surface area (Å²) in [5, 5.41) is 17.9. The van der Waals surface area contributed by atoms with Crippen LogP contribution in [0.3, 0.4) is 0 Å². The predicted octanol–water partition coefficient (Wildman–Crippen LogP) is 5.90. The Morgan fingerprint density at radius 1 is 1.14 bits per heavy atom. The molecule has 3 aromatic rings. The van der Waals surface area contributed by atoms with E-state index in [0.717, 1.165) is 51.6 Å². The summed E-state index contributed by atoms with van der Waals surface area (Å²) in [6, 6.07) is 3.46. The van der Waals surface area contributed by atoms with E-state index in [1.165, 1.54) is 12.1 Å². The van der Waals surface area contributed by atoms with Gasteiger partial charge in [-0.2, -0.15) is 9.97 Å². The smallest absolute Gasteiger partial charge is 0.319 e. The highest BCUT2D eigenvalue weighted by Gasteiger charge is 2.37. The molecule has 0 radical (unpaired) electrons. The Morgan fingerprint density at radius 2 is 1.88 bits per heavy atom. The van der Waals surface area contributed by atoms with Gasteiger partial charge in [-0.3, -0.25) is 0 Å². The van der Waals surface area contributed by atoms with E-state index in [2.05, 4.69) is 39.4 Å². The van der Waals surface area contributed by atoms with Crippen LogP contribution < -0.4 is 20.3 Å². The van der Waals surface area contributed by atoms with Gasteiger partial charge in [-0.15, -0.1) is 0 Å². The van der Waals surface area contributed by atoms with Gasteiger partial charge in [0.2, 0.25) is 0 Å². The van der Waals surface area contributed by atoms with Gasteiger partial charge in [0.15, 0.2) is 5.82 Å². The summed E-state index contributed by atoms with van der Waals surface area (Å²) in [5.41, 5.74) is 0.769. The Kier molecular flexibility index (Phi) is 7.29. The highest BCUT2D eigenvalue weighted by Crippen LogP contribution is 2.53. The van der Waals surface area contributed by atoms with Crippen molar-refractivity contribution in [1.29, 1.82) is 0 Å². The number of anilines is 2. The third-order valence-electron chi connectivity index (χ3n) is 9.66. The number of piperidine rings is 1. The molecule has 3 atom stereocenters. The number of benzene rings is 2. The quantitative estimate of drug-likeness (QED) is 0.284. The summed E-state index contributed by atoms with van der Waals surface area (Å²) < 4.78 is 39.5. The molecule has 43 heavy (non-hydrogen) atoms. The normalized spacial score (nSPS) is 25.9. The lowest BCUT2D eigenvalue weighted by atomic mass is 9.83. The molecule has 1 aliphatic carbocycles. The molecule has 8 nitrogen and oxygen atoms in total. The lowest BCUT2D eigenvalue weighted by molar-refractivity contribution is 0.0660. The molecule has 3 N–H and O–H groups in total. The number of piperazine rings is 1. The molecule has 0 spiro atoms. The van der Waals surface area contributed by atoms with Crippen LogP contribution in [0.2, 0.25) is 5.02 Å². The van der Waals surface area contributed by atoms with Crippen LogP contribution in [0.15, 0.2) is 12.1 Å². The van der Waals surface area contributed by atoms with Crippen molar-refractivity contribution in [3.8, 4) is 22.9 Å². The molecule has 4 aliphatic rings. The SMILES string of the molecule is CNc1c(O)cc(Cl)c(C2CC2)c1-c1c(F)cc2c(N3C[C@H]4CC[C@@H](C3)N4)nc(OC[C@@]3(C)CCCN(C)C3)nc2c1F. The minimum absolute atomic E-state index is 0.00328. The number of aromatic nitrogens is 2. The molecule has 2 aromatic carbocycles. The van der Waals surface area contributed by atoms with Gasteiger partial charge >= 0.3 is 6.01 Å². The van der Waals surface area contributed by atoms with Crippen molar-refractivity contribution in [2.24, 2.45) is 5.41 Å². The van der Waals surface area contributed by atoms with Gasteiger partial charge in [0.05, 0.1) is 17.9 Å². The zero-order valence-electron chi connectivity index (χ0n) is 24.9. The number of hydrogen-bond acceptors (Lipinski definition) is 8. The molecule has 3 saturated heterocycles. The van der Waals surface area contributed by atoms with Crippen molar-refractivity contribution in [3.63, 3.8) is 0 Å². The molecule has 230 valence electrons. The minimum atomic E-state index is -0.815. The van der Waals surface area contributed by atoms with Crippen molar-refractivity contribution in [2.45, 2.75) is 63.5 Å². The molecule has 7 rings (SSSR count). The first kappa shape index (κ1) is 28.8. The molecule has 4 fully saturated rings. The van der Waals surface area contributed by atoms with E-state index in [0.29, 0.717) is 53.6 Å². The summed E-state index contributed by atoms with van der Waals surface area (Å²) in [6.45, 7) is 5.89. The Bertz CT molecular complexity index is 1570. The largest absolute Gasteiger partial charge is 0.506 e. The van der Waals surface area contributed by atoms with E-state index >= 15 is 8.78 Å². The fourth-order valence-electron chi connectivity index (χ4n) is 7.54. The zero-order chi connectivity index (χ0) is 30.0. The third-order valence-corrected chi connectivity index (χ3v) is 9.97. The van der Waals surface area contributed by atoms with Gasteiger partial charge < -0.3 is 30.3 Å². The predicted molar refractivity (Wildman–Crippen MR) is 166 cm³/mol. The second-order valence-electron chi connectivity index (χ2n) is 13.3. The zero-order valence-corrected chi connectivity index (χ0v) is 25.7. The van der Waals surface area contributed by atoms with Gasteiger partial charge in [0.25, 0.3) is 0 Å². The van der Waals surface area contributed by atoms with E-state index in [1.807, 2.05) is 0 Å². The molecular weight excluding hydrogens is 574 g/mol. The Labute approximate surface area is 255 Å². The number of nitrogens with zero attached hydrogens (tertiary/aromatic N) is 4. The molecule has 1 saturated carbocycles. The Hall–Kier alpha value is -2.95. The lowest BCUT2D eigenvalue weighted by Crippen LogP contribution is -2.51. The molecule has 1 aromatic heterocycles. The first-order valence-corrected chi connectivity index (χ1v) is 15.8. The number of hydrogen-bond donors (Lipinski definition) is 3. The van der Waals surface area contributed by atoms with Crippen LogP contribution in [0.5, 0.6) is 11.8 Å². The van der Waals surface area contributed by atoms with E-state index in [-0.39, 0.29) is 45.4 Å². The average Bonchev–Trinajstić information content (AvgIpc) is 3.74. The van der Waals surface area contributed by atoms with Crippen LogP contribution in [-0.2, 0) is 0 Å². The van der Waals surface area contributed by atoms with E-state index in [1.54, 1.807) is 7.05 Å². The Morgan fingerprint density at radius 3 is 2.56 bits per heavy atom. The molecule has 2 bridgehead atoms. The number of phenols is 1. The molecule has 11 heteroatoms. The van der Waals surface area contributed by atoms with Crippen LogP contribution >= 0.6 is 11.6 Å². The number of aromatic hydroxyl groups is 1. The summed E-state index contributed by atoms with van der Waals surface area (Å²) >= 11 is 6.60. The highest BCUT2D eigenvalue weighted by molar-refractivity contribution is 6.32. The maximum atomic E-state index is 16.9. The fraction of sp³-hybridized carbons (Fsp3) is 0.562. The molecular formula is C32H39ClF2N6O2. The van der Waals surface area contributed by atoms with Crippen LogP contribution in [0.25, 0.3) is 22.0 Å². The first-order valence-electron chi connectivity index (χ1n) is 15.4. The molecule has 0 amide bonds.